The van der Waals surface area contributed by atoms with Gasteiger partial charge >= 0.3 is 0 Å². The molecule has 0 spiro atoms. The summed E-state index contributed by atoms with van der Waals surface area (Å²) in [6.45, 7) is 4.50. The monoisotopic (exact) mass is 266 g/mol. The van der Waals surface area contributed by atoms with Gasteiger partial charge < -0.3 is 9.84 Å². The zero-order chi connectivity index (χ0) is 14.3. The first-order valence-electron chi connectivity index (χ1n) is 6.75. The number of rotatable bonds is 4. The fourth-order valence-corrected chi connectivity index (χ4v) is 3.60. The lowest BCUT2D eigenvalue weighted by Crippen LogP contribution is -2.73. The number of hydrogen-bond donors (Lipinski definition) is 1. The number of fused-ring (bicyclic) bond motifs is 3. The molecule has 5 heteroatoms. The van der Waals surface area contributed by atoms with Crippen LogP contribution in [0.3, 0.4) is 0 Å². The van der Waals surface area contributed by atoms with Crippen LogP contribution in [0.2, 0.25) is 0 Å². The highest BCUT2D eigenvalue weighted by Crippen LogP contribution is 2.45. The molecule has 2 bridgehead atoms. The van der Waals surface area contributed by atoms with Crippen molar-refractivity contribution in [1.29, 1.82) is 5.26 Å². The van der Waals surface area contributed by atoms with Gasteiger partial charge in [-0.05, 0) is 26.7 Å². The molecule has 4 atom stereocenters. The zero-order valence-corrected chi connectivity index (χ0v) is 11.8. The second kappa shape index (κ2) is 4.86. The third-order valence-electron chi connectivity index (χ3n) is 4.75. The molecule has 3 rings (SSSR count). The first-order valence-corrected chi connectivity index (χ1v) is 6.75. The normalized spacial score (nSPS) is 38.3. The molecule has 0 aliphatic carbocycles. The van der Waals surface area contributed by atoms with Crippen LogP contribution in [0.15, 0.2) is 0 Å². The van der Waals surface area contributed by atoms with Crippen molar-refractivity contribution in [3.63, 3.8) is 0 Å². The van der Waals surface area contributed by atoms with E-state index >= 15 is 0 Å². The zero-order valence-electron chi connectivity index (χ0n) is 11.8. The fraction of sp³-hybridized carbons (Fsp3) is 0.857. The molecule has 5 nitrogen and oxygen atoms in total. The van der Waals surface area contributed by atoms with Gasteiger partial charge in [0, 0.05) is 25.6 Å². The summed E-state index contributed by atoms with van der Waals surface area (Å²) in [5.74, 6) is 0.0259. The number of piperidine rings is 3. The van der Waals surface area contributed by atoms with E-state index in [0.29, 0.717) is 6.42 Å². The van der Waals surface area contributed by atoms with E-state index in [1.54, 1.807) is 7.11 Å². The summed E-state index contributed by atoms with van der Waals surface area (Å²) in [4.78, 5) is 14.5. The molecule has 3 heterocycles. The number of Topliss-reactive ketones (excluding diaryl/α,β-unsaturated/α-hetero) is 1. The number of hydrogen-bond acceptors (Lipinski definition) is 5. The van der Waals surface area contributed by atoms with Gasteiger partial charge in [0.25, 0.3) is 0 Å². The number of carbonyl (C=O) groups is 1. The maximum Gasteiger partial charge on any atom is 0.161 e. The quantitative estimate of drug-likeness (QED) is 0.805. The van der Waals surface area contributed by atoms with E-state index < -0.39 is 11.0 Å². The number of nitrogens with zero attached hydrogens (tertiary/aromatic N) is 2. The van der Waals surface area contributed by atoms with Gasteiger partial charge in [-0.25, -0.2) is 0 Å². The molecule has 3 fully saturated rings. The predicted molar refractivity (Wildman–Crippen MR) is 69.3 cm³/mol. The molecule has 0 saturated carbocycles. The molecule has 19 heavy (non-hydrogen) atoms. The van der Waals surface area contributed by atoms with Crippen LogP contribution in [0.1, 0.15) is 26.7 Å². The summed E-state index contributed by atoms with van der Waals surface area (Å²) in [6.07, 6.45) is 1.53. The van der Waals surface area contributed by atoms with E-state index in [2.05, 4.69) is 6.07 Å². The summed E-state index contributed by atoms with van der Waals surface area (Å²) < 4.78 is 5.19. The van der Waals surface area contributed by atoms with Crippen LogP contribution >= 0.6 is 0 Å². The van der Waals surface area contributed by atoms with Crippen molar-refractivity contribution in [3.05, 3.63) is 0 Å². The van der Waals surface area contributed by atoms with Crippen LogP contribution in [0.5, 0.6) is 0 Å². The van der Waals surface area contributed by atoms with Crippen LogP contribution in [-0.2, 0) is 9.53 Å². The molecule has 3 aliphatic rings. The Balaban J connectivity index is 2.40. The highest BCUT2D eigenvalue weighted by Gasteiger charge is 2.59. The fourth-order valence-electron chi connectivity index (χ4n) is 3.60. The van der Waals surface area contributed by atoms with Gasteiger partial charge in [0.2, 0.25) is 0 Å². The van der Waals surface area contributed by atoms with Crippen molar-refractivity contribution in [1.82, 2.24) is 4.90 Å². The number of methoxy groups -OCH3 is 1. The minimum Gasteiger partial charge on any atom is -0.394 e. The highest BCUT2D eigenvalue weighted by molar-refractivity contribution is 5.92. The van der Waals surface area contributed by atoms with Crippen molar-refractivity contribution in [3.8, 4) is 6.07 Å². The molecule has 1 unspecified atom stereocenters. The first kappa shape index (κ1) is 14.4. The maximum atomic E-state index is 12.5. The average Bonchev–Trinajstić information content (AvgIpc) is 2.43. The topological polar surface area (TPSA) is 73.6 Å². The Kier molecular flexibility index (Phi) is 3.69. The third-order valence-corrected chi connectivity index (χ3v) is 4.75. The van der Waals surface area contributed by atoms with Gasteiger partial charge in [-0.2, -0.15) is 5.26 Å². The van der Waals surface area contributed by atoms with Crippen molar-refractivity contribution in [2.75, 3.05) is 26.9 Å². The molecular weight excluding hydrogens is 244 g/mol. The Labute approximate surface area is 114 Å². The van der Waals surface area contributed by atoms with Crippen molar-refractivity contribution >= 4 is 5.78 Å². The molecule has 0 aromatic rings. The summed E-state index contributed by atoms with van der Waals surface area (Å²) in [7, 11) is 1.54. The van der Waals surface area contributed by atoms with Crippen molar-refractivity contribution in [2.24, 2.45) is 11.3 Å². The smallest absolute Gasteiger partial charge is 0.161 e. The van der Waals surface area contributed by atoms with Crippen molar-refractivity contribution in [2.45, 2.75) is 38.3 Å². The summed E-state index contributed by atoms with van der Waals surface area (Å²) >= 11 is 0. The van der Waals surface area contributed by atoms with E-state index in [1.165, 1.54) is 0 Å². The molecule has 3 saturated heterocycles. The van der Waals surface area contributed by atoms with Crippen LogP contribution < -0.4 is 0 Å². The highest BCUT2D eigenvalue weighted by atomic mass is 16.5. The lowest BCUT2D eigenvalue weighted by atomic mass is 9.65. The Morgan fingerprint density at radius 1 is 1.63 bits per heavy atom. The first-order chi connectivity index (χ1) is 8.93. The van der Waals surface area contributed by atoms with Gasteiger partial charge in [0.15, 0.2) is 5.78 Å². The second-order valence-corrected chi connectivity index (χ2v) is 6.25. The lowest BCUT2D eigenvalue weighted by molar-refractivity contribution is -0.171. The van der Waals surface area contributed by atoms with Crippen LogP contribution in [0, 0.1) is 22.7 Å². The lowest BCUT2D eigenvalue weighted by Gasteiger charge is -2.58. The van der Waals surface area contributed by atoms with Gasteiger partial charge in [0.1, 0.15) is 5.54 Å². The largest absolute Gasteiger partial charge is 0.394 e. The summed E-state index contributed by atoms with van der Waals surface area (Å²) in [5.41, 5.74) is -1.48. The molecule has 0 aromatic carbocycles. The molecule has 106 valence electrons. The number of aliphatic hydroxyl groups excluding tert-OH is 1. The van der Waals surface area contributed by atoms with Crippen LogP contribution in [0.25, 0.3) is 0 Å². The Hall–Kier alpha value is -0.960. The minimum absolute atomic E-state index is 0.00347. The Morgan fingerprint density at radius 3 is 2.84 bits per heavy atom. The molecule has 0 amide bonds. The van der Waals surface area contributed by atoms with E-state index in [-0.39, 0.29) is 31.0 Å². The standard InChI is InChI=1S/C14H22N2O3/c1-13(2,7-15)11-6-10-4-5-16(11)14(8-17,9-19-3)12(10)18/h10-11,17H,4-6,8-9H2,1-3H3/t10-,11-,14+/m0/s1. The number of carbonyl (C=O) groups excluding carboxylic acids is 1. The molecular formula is C14H22N2O3. The number of ether oxygens (including phenoxy) is 1. The average molecular weight is 266 g/mol. The molecule has 0 aromatic heterocycles. The second-order valence-electron chi connectivity index (χ2n) is 6.25. The van der Waals surface area contributed by atoms with Gasteiger partial charge in [0.05, 0.1) is 24.7 Å². The Morgan fingerprint density at radius 2 is 2.32 bits per heavy atom. The maximum absolute atomic E-state index is 12.5. The third kappa shape index (κ3) is 1.99. The minimum atomic E-state index is -0.950. The van der Waals surface area contributed by atoms with Crippen LogP contribution in [0.4, 0.5) is 0 Å². The van der Waals surface area contributed by atoms with Gasteiger partial charge in [-0.1, -0.05) is 0 Å². The predicted octanol–water partition coefficient (Wildman–Crippen LogP) is 0.577. The summed E-state index contributed by atoms with van der Waals surface area (Å²) in [6, 6.07) is 2.34. The number of ketones is 1. The molecule has 0 radical (unpaired) electrons. The number of aliphatic hydroxyl groups is 1. The van der Waals surface area contributed by atoms with E-state index in [9.17, 15) is 15.2 Å². The SMILES string of the molecule is COC[C@]1(CO)C(=O)[C@H]2CCN1[C@H](C(C)(C)C#N)C2. The van der Waals surface area contributed by atoms with Gasteiger partial charge in [-0.15, -0.1) is 0 Å². The molecule has 1 N–H and O–H groups in total. The summed E-state index contributed by atoms with van der Waals surface area (Å²) in [5, 5.41) is 19.2. The van der Waals surface area contributed by atoms with E-state index in [1.807, 2.05) is 18.7 Å². The van der Waals surface area contributed by atoms with Crippen molar-refractivity contribution < 1.29 is 14.6 Å². The van der Waals surface area contributed by atoms with E-state index in [4.69, 9.17) is 4.74 Å². The van der Waals surface area contributed by atoms with Crippen LogP contribution in [-0.4, -0.2) is 54.2 Å². The van der Waals surface area contributed by atoms with E-state index in [0.717, 1.165) is 13.0 Å². The molecule has 3 aliphatic heterocycles. The van der Waals surface area contributed by atoms with Gasteiger partial charge in [-0.3, -0.25) is 9.69 Å². The Bertz CT molecular complexity index is 415. The number of nitriles is 1.